The number of aliphatic hydroxyl groups is 3. The predicted octanol–water partition coefficient (Wildman–Crippen LogP) is 5.79. The Kier molecular flexibility index (Phi) is 26.2. The maximum atomic E-state index is 12.5. The van der Waals surface area contributed by atoms with Gasteiger partial charge in [-0.15, -0.1) is 0 Å². The summed E-state index contributed by atoms with van der Waals surface area (Å²) in [5.74, 6) is -0.415. The summed E-state index contributed by atoms with van der Waals surface area (Å²) in [7, 11) is -5.04. The van der Waals surface area contributed by atoms with E-state index in [-0.39, 0.29) is 19.6 Å². The van der Waals surface area contributed by atoms with Crippen LogP contribution in [0.5, 0.6) is 0 Å². The molecule has 1 aliphatic heterocycles. The second-order valence-corrected chi connectivity index (χ2v) is 13.9. The summed E-state index contributed by atoms with van der Waals surface area (Å²) >= 11 is 0. The minimum absolute atomic E-state index is 0.0409. The van der Waals surface area contributed by atoms with Crippen molar-refractivity contribution in [2.24, 2.45) is 0 Å². The van der Waals surface area contributed by atoms with E-state index in [1.54, 1.807) is 0 Å². The van der Waals surface area contributed by atoms with Gasteiger partial charge in [0.1, 0.15) is 30.5 Å². The smallest absolute Gasteiger partial charge is 0.397 e. The second kappa shape index (κ2) is 27.9. The fourth-order valence-corrected chi connectivity index (χ4v) is 6.18. The molecule has 6 atom stereocenters. The van der Waals surface area contributed by atoms with Gasteiger partial charge in [0.25, 0.3) is 0 Å². The molecular weight excluding hydrogens is 632 g/mol. The average molecular weight is 699 g/mol. The van der Waals surface area contributed by atoms with Crippen molar-refractivity contribution in [1.82, 2.24) is 0 Å². The van der Waals surface area contributed by atoms with Gasteiger partial charge in [-0.25, -0.2) is 4.18 Å². The molecule has 47 heavy (non-hydrogen) atoms. The van der Waals surface area contributed by atoms with E-state index in [1.165, 1.54) is 83.5 Å². The van der Waals surface area contributed by atoms with Crippen LogP contribution < -0.4 is 0 Å². The van der Waals surface area contributed by atoms with Gasteiger partial charge in [0.2, 0.25) is 0 Å². The monoisotopic (exact) mass is 698 g/mol. The fraction of sp³-hybridized carbons (Fsp3) is 0.971. The number of unbranched alkanes of at least 4 members (excludes halogenated alkanes) is 18. The fourth-order valence-electron chi connectivity index (χ4n) is 5.67. The lowest BCUT2D eigenvalue weighted by Crippen LogP contribution is -2.60. The first-order chi connectivity index (χ1) is 22.6. The molecule has 6 unspecified atom stereocenters. The number of carbonyl (C=O) groups excluding carboxylic acids is 1. The molecule has 12 nitrogen and oxygen atoms in total. The normalized spacial score (nSPS) is 22.4. The van der Waals surface area contributed by atoms with Crippen LogP contribution in [0.3, 0.4) is 0 Å². The van der Waals surface area contributed by atoms with Crippen LogP contribution in [0.1, 0.15) is 149 Å². The highest BCUT2D eigenvalue weighted by molar-refractivity contribution is 7.80. The Balaban J connectivity index is 2.38. The van der Waals surface area contributed by atoms with Crippen molar-refractivity contribution in [3.63, 3.8) is 0 Å². The van der Waals surface area contributed by atoms with Crippen molar-refractivity contribution in [2.45, 2.75) is 185 Å². The molecule has 4 N–H and O–H groups in total. The number of hydrogen-bond donors (Lipinski definition) is 4. The van der Waals surface area contributed by atoms with Crippen LogP contribution in [-0.2, 0) is 38.3 Å². The van der Waals surface area contributed by atoms with E-state index in [0.29, 0.717) is 13.0 Å². The van der Waals surface area contributed by atoms with E-state index >= 15 is 0 Å². The Morgan fingerprint density at radius 2 is 1.21 bits per heavy atom. The molecule has 1 fully saturated rings. The first kappa shape index (κ1) is 44.1. The molecule has 1 rings (SSSR count). The zero-order valence-corrected chi connectivity index (χ0v) is 29.9. The van der Waals surface area contributed by atoms with Crippen LogP contribution in [0.25, 0.3) is 0 Å². The number of rotatable bonds is 31. The van der Waals surface area contributed by atoms with Crippen LogP contribution in [0.2, 0.25) is 0 Å². The third-order valence-electron chi connectivity index (χ3n) is 8.48. The Morgan fingerprint density at radius 1 is 0.723 bits per heavy atom. The Morgan fingerprint density at radius 3 is 1.70 bits per heavy atom. The minimum Gasteiger partial charge on any atom is -0.457 e. The lowest BCUT2D eigenvalue weighted by Gasteiger charge is -2.41. The molecule has 0 aromatic carbocycles. The summed E-state index contributed by atoms with van der Waals surface area (Å²) in [5, 5.41) is 30.3. The van der Waals surface area contributed by atoms with Gasteiger partial charge < -0.3 is 34.3 Å². The summed E-state index contributed by atoms with van der Waals surface area (Å²) in [5.41, 5.74) is 0. The average Bonchev–Trinajstić information content (AvgIpc) is 3.03. The lowest BCUT2D eigenvalue weighted by molar-refractivity contribution is -0.301. The van der Waals surface area contributed by atoms with Crippen molar-refractivity contribution in [3.8, 4) is 0 Å². The largest absolute Gasteiger partial charge is 0.457 e. The highest BCUT2D eigenvalue weighted by atomic mass is 32.3. The number of hydrogen-bond acceptors (Lipinski definition) is 11. The van der Waals surface area contributed by atoms with Crippen molar-refractivity contribution in [1.29, 1.82) is 0 Å². The van der Waals surface area contributed by atoms with Gasteiger partial charge in [-0.1, -0.05) is 129 Å². The van der Waals surface area contributed by atoms with Crippen LogP contribution in [0, 0.1) is 0 Å². The summed E-state index contributed by atoms with van der Waals surface area (Å²) < 4.78 is 58.3. The van der Waals surface area contributed by atoms with Gasteiger partial charge in [0.05, 0.1) is 19.8 Å². The molecule has 0 radical (unpaired) electrons. The Labute approximate surface area is 284 Å². The molecule has 0 saturated carbocycles. The number of aliphatic hydroxyl groups excluding tert-OH is 3. The summed E-state index contributed by atoms with van der Waals surface area (Å²) in [4.78, 5) is 12.5. The van der Waals surface area contributed by atoms with Gasteiger partial charge in [-0.2, -0.15) is 8.42 Å². The summed E-state index contributed by atoms with van der Waals surface area (Å²) in [6.45, 7) is 3.85. The maximum Gasteiger partial charge on any atom is 0.397 e. The van der Waals surface area contributed by atoms with Crippen LogP contribution >= 0.6 is 0 Å². The molecule has 280 valence electrons. The SMILES string of the molecule is CCCCCCCCCCCCCCCCCCOCC(COC1OC(CO)C(O)C(OS(=O)(=O)O)C1O)OC(=O)CCCCCC. The second-order valence-electron chi connectivity index (χ2n) is 12.8. The molecule has 0 amide bonds. The Bertz CT molecular complexity index is 858. The predicted molar refractivity (Wildman–Crippen MR) is 179 cm³/mol. The van der Waals surface area contributed by atoms with Gasteiger partial charge in [-0.05, 0) is 12.8 Å². The summed E-state index contributed by atoms with van der Waals surface area (Å²) in [6.07, 6.45) is 15.1. The van der Waals surface area contributed by atoms with Crippen molar-refractivity contribution in [3.05, 3.63) is 0 Å². The van der Waals surface area contributed by atoms with Crippen molar-refractivity contribution < 1.29 is 56.2 Å². The minimum atomic E-state index is -5.04. The van der Waals surface area contributed by atoms with E-state index in [0.717, 1.165) is 38.5 Å². The van der Waals surface area contributed by atoms with Crippen molar-refractivity contribution >= 4 is 16.4 Å². The van der Waals surface area contributed by atoms with Gasteiger partial charge in [-0.3, -0.25) is 9.35 Å². The van der Waals surface area contributed by atoms with Crippen molar-refractivity contribution in [2.75, 3.05) is 26.4 Å². The van der Waals surface area contributed by atoms with Crippen LogP contribution in [0.4, 0.5) is 0 Å². The lowest BCUT2D eigenvalue weighted by atomic mass is 9.99. The molecule has 1 aliphatic rings. The molecule has 1 heterocycles. The zero-order valence-electron chi connectivity index (χ0n) is 29.1. The van der Waals surface area contributed by atoms with Crippen LogP contribution in [0.15, 0.2) is 0 Å². The number of ether oxygens (including phenoxy) is 4. The topological polar surface area (TPSA) is 178 Å². The van der Waals surface area contributed by atoms with Gasteiger partial charge >= 0.3 is 16.4 Å². The molecule has 1 saturated heterocycles. The van der Waals surface area contributed by atoms with Crippen LogP contribution in [-0.4, -0.2) is 97.5 Å². The molecule has 0 bridgehead atoms. The highest BCUT2D eigenvalue weighted by Gasteiger charge is 2.48. The Hall–Kier alpha value is -0.900. The third-order valence-corrected chi connectivity index (χ3v) is 8.94. The standard InChI is InChI=1S/C34H66O12S/c1-3-5-7-9-10-11-12-13-14-15-16-17-18-19-20-22-24-42-26-28(44-30(36)23-21-8-6-4-2)27-43-34-32(38)33(46-47(39,40)41)31(37)29(25-35)45-34/h28-29,31-35,37-38H,3-27H2,1-2H3,(H,39,40,41). The van der Waals surface area contributed by atoms with Gasteiger partial charge in [0, 0.05) is 13.0 Å². The summed E-state index contributed by atoms with van der Waals surface area (Å²) in [6, 6.07) is 0. The number of carbonyl (C=O) groups is 1. The highest BCUT2D eigenvalue weighted by Crippen LogP contribution is 2.26. The molecule has 13 heteroatoms. The van der Waals surface area contributed by atoms with Gasteiger partial charge in [0.15, 0.2) is 6.29 Å². The molecule has 0 aromatic rings. The molecule has 0 aliphatic carbocycles. The first-order valence-corrected chi connectivity index (χ1v) is 19.7. The van der Waals surface area contributed by atoms with E-state index in [1.807, 2.05) is 0 Å². The van der Waals surface area contributed by atoms with E-state index in [4.69, 9.17) is 23.5 Å². The quantitative estimate of drug-likeness (QED) is 0.0390. The molecule has 0 spiro atoms. The molecule has 0 aromatic heterocycles. The van der Waals surface area contributed by atoms with E-state index in [9.17, 15) is 28.5 Å². The first-order valence-electron chi connectivity index (χ1n) is 18.3. The van der Waals surface area contributed by atoms with E-state index < -0.39 is 59.8 Å². The zero-order chi connectivity index (χ0) is 34.8. The molecular formula is C34H66O12S. The third kappa shape index (κ3) is 22.4. The maximum absolute atomic E-state index is 12.5. The van der Waals surface area contributed by atoms with E-state index in [2.05, 4.69) is 18.0 Å². The number of esters is 1.